The fraction of sp³-hybridized carbons (Fsp3) is 0.105. The third kappa shape index (κ3) is 3.25. The fourth-order valence-electron chi connectivity index (χ4n) is 2.53. The van der Waals surface area contributed by atoms with E-state index in [2.05, 4.69) is 0 Å². The molecule has 1 heterocycles. The summed E-state index contributed by atoms with van der Waals surface area (Å²) in [5.41, 5.74) is 0.204. The van der Waals surface area contributed by atoms with E-state index in [0.29, 0.717) is 11.1 Å². The maximum atomic E-state index is 13.5. The highest BCUT2D eigenvalue weighted by molar-refractivity contribution is 6.06. The Hall–Kier alpha value is -2.82. The van der Waals surface area contributed by atoms with E-state index in [9.17, 15) is 18.0 Å². The first kappa shape index (κ1) is 16.1. The van der Waals surface area contributed by atoms with Gasteiger partial charge < -0.3 is 4.74 Å². The number of ether oxygens (including phenoxy) is 1. The van der Waals surface area contributed by atoms with Gasteiger partial charge in [0.05, 0.1) is 11.1 Å². The van der Waals surface area contributed by atoms with E-state index in [-0.39, 0.29) is 17.7 Å². The minimum Gasteiger partial charge on any atom is -0.457 e. The number of carbonyl (C=O) groups is 1. The number of rotatable bonds is 3. The summed E-state index contributed by atoms with van der Waals surface area (Å²) in [5.74, 6) is -0.744. The van der Waals surface area contributed by atoms with Gasteiger partial charge >= 0.3 is 12.1 Å². The molecular weight excluding hydrogens is 317 g/mol. The molecule has 1 aliphatic rings. The molecule has 0 saturated carbocycles. The van der Waals surface area contributed by atoms with E-state index < -0.39 is 17.7 Å². The highest BCUT2D eigenvalue weighted by Gasteiger charge is 2.36. The average molecular weight is 330 g/mol. The minimum absolute atomic E-state index is 0.00427. The first-order valence-corrected chi connectivity index (χ1v) is 7.27. The second-order valence-electron chi connectivity index (χ2n) is 5.26. The molecule has 2 aromatic rings. The average Bonchev–Trinajstić information content (AvgIpc) is 2.94. The van der Waals surface area contributed by atoms with Crippen molar-refractivity contribution in [3.05, 3.63) is 83.4 Å². The lowest BCUT2D eigenvalue weighted by Crippen LogP contribution is -2.12. The number of carbonyl (C=O) groups excluding carboxylic acids is 1. The zero-order chi connectivity index (χ0) is 17.2. The van der Waals surface area contributed by atoms with Gasteiger partial charge in [-0.2, -0.15) is 13.2 Å². The maximum absolute atomic E-state index is 13.5. The number of allylic oxidation sites excluding steroid dienone is 1. The van der Waals surface area contributed by atoms with Crippen molar-refractivity contribution in [3.63, 3.8) is 0 Å². The van der Waals surface area contributed by atoms with Gasteiger partial charge in [0.1, 0.15) is 6.61 Å². The van der Waals surface area contributed by atoms with Gasteiger partial charge in [-0.1, -0.05) is 60.7 Å². The summed E-state index contributed by atoms with van der Waals surface area (Å²) in [4.78, 5) is 12.0. The van der Waals surface area contributed by atoms with Crippen LogP contribution in [0, 0.1) is 0 Å². The SMILES string of the molecule is O=C1OCC(c2ccccc2)=C1/C=C(\c1ccccc1)C(F)(F)F. The number of benzene rings is 2. The number of halogens is 3. The molecule has 5 heteroatoms. The predicted molar refractivity (Wildman–Crippen MR) is 84.8 cm³/mol. The van der Waals surface area contributed by atoms with Crippen LogP contribution < -0.4 is 0 Å². The Balaban J connectivity index is 2.16. The Morgan fingerprint density at radius 1 is 0.958 bits per heavy atom. The van der Waals surface area contributed by atoms with Gasteiger partial charge in [-0.25, -0.2) is 4.79 Å². The highest BCUT2D eigenvalue weighted by atomic mass is 19.4. The van der Waals surface area contributed by atoms with Crippen LogP contribution in [0.2, 0.25) is 0 Å². The second kappa shape index (κ2) is 6.35. The summed E-state index contributed by atoms with van der Waals surface area (Å²) in [6, 6.07) is 16.2. The summed E-state index contributed by atoms with van der Waals surface area (Å²) in [7, 11) is 0. The summed E-state index contributed by atoms with van der Waals surface area (Å²) < 4.78 is 45.4. The van der Waals surface area contributed by atoms with Crippen molar-refractivity contribution >= 4 is 17.1 Å². The van der Waals surface area contributed by atoms with Gasteiger partial charge in [0.15, 0.2) is 0 Å². The van der Waals surface area contributed by atoms with Crippen molar-refractivity contribution in [1.29, 1.82) is 0 Å². The topological polar surface area (TPSA) is 26.3 Å². The summed E-state index contributed by atoms with van der Waals surface area (Å²) >= 11 is 0. The number of esters is 1. The van der Waals surface area contributed by atoms with Gasteiger partial charge in [0.2, 0.25) is 0 Å². The van der Waals surface area contributed by atoms with Crippen LogP contribution in [0.1, 0.15) is 11.1 Å². The largest absolute Gasteiger partial charge is 0.457 e. The minimum atomic E-state index is -4.58. The summed E-state index contributed by atoms with van der Waals surface area (Å²) in [5, 5.41) is 0. The molecule has 0 aliphatic carbocycles. The zero-order valence-corrected chi connectivity index (χ0v) is 12.5. The first-order chi connectivity index (χ1) is 11.5. The van der Waals surface area contributed by atoms with E-state index in [1.807, 2.05) is 0 Å². The molecule has 0 spiro atoms. The Labute approximate surface area is 136 Å². The van der Waals surface area contributed by atoms with E-state index in [4.69, 9.17) is 4.74 Å². The van der Waals surface area contributed by atoms with Crippen LogP contribution >= 0.6 is 0 Å². The molecule has 0 aromatic heterocycles. The van der Waals surface area contributed by atoms with Gasteiger partial charge in [0, 0.05) is 5.57 Å². The van der Waals surface area contributed by atoms with Crippen molar-refractivity contribution in [1.82, 2.24) is 0 Å². The Bertz CT molecular complexity index is 804. The molecule has 0 fully saturated rings. The van der Waals surface area contributed by atoms with Crippen LogP contribution in [-0.2, 0) is 9.53 Å². The lowest BCUT2D eigenvalue weighted by Gasteiger charge is -2.12. The van der Waals surface area contributed by atoms with Crippen LogP contribution in [0.3, 0.4) is 0 Å². The smallest absolute Gasteiger partial charge is 0.417 e. The van der Waals surface area contributed by atoms with Gasteiger partial charge in [-0.15, -0.1) is 0 Å². The zero-order valence-electron chi connectivity index (χ0n) is 12.5. The monoisotopic (exact) mass is 330 g/mol. The molecule has 2 aromatic carbocycles. The molecule has 0 radical (unpaired) electrons. The standard InChI is InChI=1S/C19H13F3O2/c20-19(21,22)17(14-9-5-2-6-10-14)11-15-16(12-24-18(15)23)13-7-3-1-4-8-13/h1-11H,12H2/b17-11+. The van der Waals surface area contributed by atoms with Crippen LogP contribution in [0.25, 0.3) is 11.1 Å². The third-order valence-corrected chi connectivity index (χ3v) is 3.69. The van der Waals surface area contributed by atoms with Crippen molar-refractivity contribution in [3.8, 4) is 0 Å². The normalized spacial score (nSPS) is 15.6. The van der Waals surface area contributed by atoms with Crippen LogP contribution in [0.5, 0.6) is 0 Å². The van der Waals surface area contributed by atoms with E-state index >= 15 is 0 Å². The van der Waals surface area contributed by atoms with Crippen molar-refractivity contribution in [2.75, 3.05) is 6.61 Å². The second-order valence-corrected chi connectivity index (χ2v) is 5.26. The molecular formula is C19H13F3O2. The molecule has 2 nitrogen and oxygen atoms in total. The van der Waals surface area contributed by atoms with Crippen molar-refractivity contribution < 1.29 is 22.7 Å². The summed E-state index contributed by atoms with van der Waals surface area (Å²) in [6.07, 6.45) is -3.70. The molecule has 0 N–H and O–H groups in total. The van der Waals surface area contributed by atoms with E-state index in [0.717, 1.165) is 6.08 Å². The summed E-state index contributed by atoms with van der Waals surface area (Å²) in [6.45, 7) is -0.0331. The van der Waals surface area contributed by atoms with Gasteiger partial charge in [-0.05, 0) is 17.2 Å². The van der Waals surface area contributed by atoms with E-state index in [1.54, 1.807) is 36.4 Å². The van der Waals surface area contributed by atoms with E-state index in [1.165, 1.54) is 24.3 Å². The number of hydrogen-bond acceptors (Lipinski definition) is 2. The van der Waals surface area contributed by atoms with Crippen molar-refractivity contribution in [2.45, 2.75) is 6.18 Å². The molecule has 0 unspecified atom stereocenters. The molecule has 122 valence electrons. The quantitative estimate of drug-likeness (QED) is 0.766. The van der Waals surface area contributed by atoms with Crippen LogP contribution in [0.15, 0.2) is 72.3 Å². The lowest BCUT2D eigenvalue weighted by atomic mass is 9.97. The first-order valence-electron chi connectivity index (χ1n) is 7.27. The lowest BCUT2D eigenvalue weighted by molar-refractivity contribution is -0.135. The molecule has 0 atom stereocenters. The molecule has 0 bridgehead atoms. The van der Waals surface area contributed by atoms with Crippen LogP contribution in [0.4, 0.5) is 13.2 Å². The molecule has 1 aliphatic heterocycles. The fourth-order valence-corrected chi connectivity index (χ4v) is 2.53. The Morgan fingerprint density at radius 2 is 1.54 bits per heavy atom. The number of alkyl halides is 3. The van der Waals surface area contributed by atoms with Crippen LogP contribution in [-0.4, -0.2) is 18.8 Å². The number of hydrogen-bond donors (Lipinski definition) is 0. The molecule has 3 rings (SSSR count). The number of cyclic esters (lactones) is 1. The molecule has 0 saturated heterocycles. The molecule has 0 amide bonds. The highest BCUT2D eigenvalue weighted by Crippen LogP contribution is 2.37. The maximum Gasteiger partial charge on any atom is 0.417 e. The Kier molecular flexibility index (Phi) is 4.25. The van der Waals surface area contributed by atoms with Crippen molar-refractivity contribution in [2.24, 2.45) is 0 Å². The predicted octanol–water partition coefficient (Wildman–Crippen LogP) is 4.64. The van der Waals surface area contributed by atoms with Gasteiger partial charge in [0.25, 0.3) is 0 Å². The molecule has 24 heavy (non-hydrogen) atoms. The Morgan fingerprint density at radius 3 is 2.12 bits per heavy atom. The third-order valence-electron chi connectivity index (χ3n) is 3.69. The van der Waals surface area contributed by atoms with Gasteiger partial charge in [-0.3, -0.25) is 0 Å².